The Balaban J connectivity index is 1.43. The smallest absolute Gasteiger partial charge is 0.252 e. The van der Waals surface area contributed by atoms with Gasteiger partial charge in [-0.05, 0) is 63.0 Å². The second-order valence-corrected chi connectivity index (χ2v) is 9.39. The van der Waals surface area contributed by atoms with E-state index >= 15 is 0 Å². The van der Waals surface area contributed by atoms with Crippen LogP contribution in [0.2, 0.25) is 0 Å². The number of nitrogens with zero attached hydrogens (tertiary/aromatic N) is 5. The first-order valence-electron chi connectivity index (χ1n) is 11.4. The van der Waals surface area contributed by atoms with E-state index < -0.39 is 0 Å². The normalized spacial score (nSPS) is 11.5. The van der Waals surface area contributed by atoms with Crippen molar-refractivity contribution in [3.8, 4) is 0 Å². The van der Waals surface area contributed by atoms with Crippen molar-refractivity contribution in [1.82, 2.24) is 30.1 Å². The molecule has 0 bridgehead atoms. The highest BCUT2D eigenvalue weighted by Gasteiger charge is 2.16. The molecule has 3 heterocycles. The summed E-state index contributed by atoms with van der Waals surface area (Å²) >= 11 is 1.71. The van der Waals surface area contributed by atoms with Gasteiger partial charge in [0.1, 0.15) is 0 Å². The molecule has 0 atom stereocenters. The molecule has 8 heteroatoms. The Morgan fingerprint density at radius 2 is 1.85 bits per heavy atom. The minimum Gasteiger partial charge on any atom is -0.322 e. The molecular formula is C26H26N6OS. The van der Waals surface area contributed by atoms with E-state index in [2.05, 4.69) is 68.0 Å². The summed E-state index contributed by atoms with van der Waals surface area (Å²) < 4.78 is 1.83. The molecule has 0 saturated carbocycles. The van der Waals surface area contributed by atoms with Gasteiger partial charge in [-0.25, -0.2) is 4.68 Å². The number of benzene rings is 2. The van der Waals surface area contributed by atoms with Crippen molar-refractivity contribution in [1.29, 1.82) is 0 Å². The summed E-state index contributed by atoms with van der Waals surface area (Å²) in [5, 5.41) is 15.6. The molecule has 2 aromatic carbocycles. The van der Waals surface area contributed by atoms with Crippen LogP contribution < -0.4 is 5.56 Å². The highest BCUT2D eigenvalue weighted by Crippen LogP contribution is 2.19. The largest absolute Gasteiger partial charge is 0.322 e. The molecule has 3 aromatic heterocycles. The van der Waals surface area contributed by atoms with Crippen molar-refractivity contribution >= 4 is 22.2 Å². The van der Waals surface area contributed by atoms with Crippen LogP contribution in [0.25, 0.3) is 10.9 Å². The van der Waals surface area contributed by atoms with Gasteiger partial charge >= 0.3 is 0 Å². The fourth-order valence-electron chi connectivity index (χ4n) is 4.09. The summed E-state index contributed by atoms with van der Waals surface area (Å²) in [5.41, 5.74) is 3.93. The third-order valence-electron chi connectivity index (χ3n) is 5.89. The fraction of sp³-hybridized carbons (Fsp3) is 0.231. The van der Waals surface area contributed by atoms with Gasteiger partial charge in [0, 0.05) is 29.0 Å². The lowest BCUT2D eigenvalue weighted by Gasteiger charge is -2.21. The number of rotatable bonds is 9. The van der Waals surface area contributed by atoms with Crippen LogP contribution in [-0.2, 0) is 32.6 Å². The second kappa shape index (κ2) is 10.1. The summed E-state index contributed by atoms with van der Waals surface area (Å²) in [6.07, 6.45) is 0.957. The molecule has 0 amide bonds. The Morgan fingerprint density at radius 1 is 0.971 bits per heavy atom. The number of aryl methyl sites for hydroxylation is 1. The fourth-order valence-corrected chi connectivity index (χ4v) is 4.83. The average Bonchev–Trinajstić information content (AvgIpc) is 3.52. The van der Waals surface area contributed by atoms with Crippen molar-refractivity contribution < 1.29 is 0 Å². The standard InChI is InChI=1S/C26H26N6OS/c1-2-19-10-11-24-21(13-19)14-22(26(33)27-24)16-31(17-23-9-6-12-34-23)18-25-28-29-30-32(25)15-20-7-4-3-5-8-20/h3-14H,2,15-18H2,1H3,(H,27,33). The van der Waals surface area contributed by atoms with E-state index in [0.29, 0.717) is 26.2 Å². The quantitative estimate of drug-likeness (QED) is 0.346. The molecule has 5 rings (SSSR count). The van der Waals surface area contributed by atoms with Crippen LogP contribution in [0.4, 0.5) is 0 Å². The molecule has 0 unspecified atom stereocenters. The molecule has 172 valence electrons. The summed E-state index contributed by atoms with van der Waals surface area (Å²) in [6, 6.07) is 22.5. The number of thiophene rings is 1. The third-order valence-corrected chi connectivity index (χ3v) is 6.75. The van der Waals surface area contributed by atoms with Gasteiger partial charge in [0.05, 0.1) is 13.1 Å². The number of H-pyrrole nitrogens is 1. The Hall–Kier alpha value is -3.62. The first-order valence-corrected chi connectivity index (χ1v) is 12.2. The molecule has 0 fully saturated rings. The van der Waals surface area contributed by atoms with E-state index in [1.807, 2.05) is 41.1 Å². The van der Waals surface area contributed by atoms with Gasteiger partial charge < -0.3 is 4.98 Å². The highest BCUT2D eigenvalue weighted by molar-refractivity contribution is 7.09. The van der Waals surface area contributed by atoms with Crippen LogP contribution in [0.1, 0.15) is 34.3 Å². The molecule has 0 spiro atoms. The predicted octanol–water partition coefficient (Wildman–Crippen LogP) is 4.39. The minimum absolute atomic E-state index is 0.0585. The van der Waals surface area contributed by atoms with Crippen molar-refractivity contribution in [2.45, 2.75) is 39.5 Å². The molecule has 0 aliphatic heterocycles. The van der Waals surface area contributed by atoms with E-state index in [0.717, 1.165) is 34.3 Å². The van der Waals surface area contributed by atoms with E-state index in [-0.39, 0.29) is 5.56 Å². The van der Waals surface area contributed by atoms with E-state index in [4.69, 9.17) is 0 Å². The first-order chi connectivity index (χ1) is 16.7. The number of pyridine rings is 1. The molecule has 34 heavy (non-hydrogen) atoms. The van der Waals surface area contributed by atoms with Gasteiger partial charge in [-0.1, -0.05) is 49.4 Å². The maximum Gasteiger partial charge on any atom is 0.252 e. The molecule has 5 aromatic rings. The Labute approximate surface area is 201 Å². The van der Waals surface area contributed by atoms with E-state index in [9.17, 15) is 4.79 Å². The monoisotopic (exact) mass is 470 g/mol. The van der Waals surface area contributed by atoms with Gasteiger partial charge in [-0.3, -0.25) is 9.69 Å². The molecule has 0 aliphatic carbocycles. The van der Waals surface area contributed by atoms with E-state index in [1.54, 1.807) is 11.3 Å². The van der Waals surface area contributed by atoms with E-state index in [1.165, 1.54) is 10.4 Å². The zero-order valence-corrected chi connectivity index (χ0v) is 19.8. The van der Waals surface area contributed by atoms with Crippen LogP contribution in [-0.4, -0.2) is 30.1 Å². The van der Waals surface area contributed by atoms with Crippen molar-refractivity contribution in [3.63, 3.8) is 0 Å². The van der Waals surface area contributed by atoms with Crippen molar-refractivity contribution in [3.05, 3.63) is 110 Å². The minimum atomic E-state index is -0.0585. The first kappa shape index (κ1) is 22.2. The maximum absolute atomic E-state index is 12.9. The number of hydrogen-bond donors (Lipinski definition) is 1. The zero-order valence-electron chi connectivity index (χ0n) is 19.0. The van der Waals surface area contributed by atoms with Gasteiger partial charge in [-0.2, -0.15) is 0 Å². The number of aromatic amines is 1. The summed E-state index contributed by atoms with van der Waals surface area (Å²) in [4.78, 5) is 19.4. The molecule has 0 aliphatic rings. The Bertz CT molecular complexity index is 1430. The number of hydrogen-bond acceptors (Lipinski definition) is 6. The molecule has 1 N–H and O–H groups in total. The van der Waals surface area contributed by atoms with Gasteiger partial charge in [0.25, 0.3) is 5.56 Å². The van der Waals surface area contributed by atoms with Gasteiger partial charge in [0.15, 0.2) is 5.82 Å². The highest BCUT2D eigenvalue weighted by atomic mass is 32.1. The van der Waals surface area contributed by atoms with Gasteiger partial charge in [0.2, 0.25) is 0 Å². The molecule has 0 saturated heterocycles. The molecular weight excluding hydrogens is 444 g/mol. The van der Waals surface area contributed by atoms with Gasteiger partial charge in [-0.15, -0.1) is 16.4 Å². The number of nitrogens with one attached hydrogen (secondary N) is 1. The molecule has 0 radical (unpaired) electrons. The van der Waals surface area contributed by atoms with Crippen LogP contribution >= 0.6 is 11.3 Å². The Kier molecular flexibility index (Phi) is 6.60. The average molecular weight is 471 g/mol. The lowest BCUT2D eigenvalue weighted by atomic mass is 10.1. The number of tetrazole rings is 1. The third kappa shape index (κ3) is 5.13. The Morgan fingerprint density at radius 3 is 2.65 bits per heavy atom. The maximum atomic E-state index is 12.9. The second-order valence-electron chi connectivity index (χ2n) is 8.36. The van der Waals surface area contributed by atoms with Crippen LogP contribution in [0, 0.1) is 0 Å². The number of aromatic nitrogens is 5. The number of fused-ring (bicyclic) bond motifs is 1. The lowest BCUT2D eigenvalue weighted by Crippen LogP contribution is -2.27. The van der Waals surface area contributed by atoms with Crippen LogP contribution in [0.3, 0.4) is 0 Å². The van der Waals surface area contributed by atoms with Crippen molar-refractivity contribution in [2.24, 2.45) is 0 Å². The molecule has 7 nitrogen and oxygen atoms in total. The SMILES string of the molecule is CCc1ccc2[nH]c(=O)c(CN(Cc3cccs3)Cc3nnnn3Cc3ccccc3)cc2c1. The van der Waals surface area contributed by atoms with Crippen LogP contribution in [0.5, 0.6) is 0 Å². The summed E-state index contributed by atoms with van der Waals surface area (Å²) in [6.45, 7) is 4.48. The summed E-state index contributed by atoms with van der Waals surface area (Å²) in [5.74, 6) is 0.769. The van der Waals surface area contributed by atoms with Crippen molar-refractivity contribution in [2.75, 3.05) is 0 Å². The zero-order chi connectivity index (χ0) is 23.3. The lowest BCUT2D eigenvalue weighted by molar-refractivity contribution is 0.238. The topological polar surface area (TPSA) is 79.7 Å². The van der Waals surface area contributed by atoms with Crippen LogP contribution in [0.15, 0.2) is 76.9 Å². The predicted molar refractivity (Wildman–Crippen MR) is 135 cm³/mol. The summed E-state index contributed by atoms with van der Waals surface area (Å²) in [7, 11) is 0.